The van der Waals surface area contributed by atoms with Crippen molar-refractivity contribution in [2.45, 2.75) is 13.0 Å². The van der Waals surface area contributed by atoms with E-state index < -0.39 is 6.09 Å². The number of carbonyl (C=O) groups is 1. The van der Waals surface area contributed by atoms with Gasteiger partial charge in [-0.05, 0) is 24.6 Å². The minimum absolute atomic E-state index is 0.165. The van der Waals surface area contributed by atoms with Gasteiger partial charge in [-0.25, -0.2) is 4.79 Å². The molecular weight excluding hydrogens is 314 g/mol. The fourth-order valence-corrected chi connectivity index (χ4v) is 2.35. The second-order valence-electron chi connectivity index (χ2n) is 3.99. The number of methoxy groups -OCH3 is 3. The van der Waals surface area contributed by atoms with Crippen LogP contribution in [0.1, 0.15) is 18.5 Å². The predicted molar refractivity (Wildman–Crippen MR) is 75.8 cm³/mol. The van der Waals surface area contributed by atoms with Crippen LogP contribution in [0, 0.1) is 0 Å². The topological polar surface area (TPSA) is 48.0 Å². The molecule has 1 aromatic rings. The molecule has 1 atom stereocenters. The first-order valence-corrected chi connectivity index (χ1v) is 6.47. The molecular formula is C13H18BrNO4. The number of ether oxygens (including phenoxy) is 3. The maximum absolute atomic E-state index is 11.5. The van der Waals surface area contributed by atoms with Gasteiger partial charge in [0, 0.05) is 11.5 Å². The molecule has 0 unspecified atom stereocenters. The molecule has 1 rings (SSSR count). The molecule has 0 aliphatic rings. The van der Waals surface area contributed by atoms with Crippen LogP contribution in [-0.4, -0.2) is 39.4 Å². The number of carbonyl (C=O) groups excluding carboxylic acids is 1. The van der Waals surface area contributed by atoms with Crippen LogP contribution in [0.3, 0.4) is 0 Å². The van der Waals surface area contributed by atoms with Crippen LogP contribution in [0.25, 0.3) is 0 Å². The van der Waals surface area contributed by atoms with Crippen LogP contribution < -0.4 is 9.47 Å². The van der Waals surface area contributed by atoms with Crippen molar-refractivity contribution < 1.29 is 19.0 Å². The summed E-state index contributed by atoms with van der Waals surface area (Å²) in [4.78, 5) is 13.1. The average molecular weight is 332 g/mol. The first kappa shape index (κ1) is 15.6. The number of rotatable bonds is 4. The Bertz CT molecular complexity index is 464. The van der Waals surface area contributed by atoms with E-state index in [2.05, 4.69) is 15.9 Å². The van der Waals surface area contributed by atoms with Gasteiger partial charge < -0.3 is 19.1 Å². The lowest BCUT2D eigenvalue weighted by Crippen LogP contribution is -2.29. The fraction of sp³-hybridized carbons (Fsp3) is 0.462. The lowest BCUT2D eigenvalue weighted by Gasteiger charge is -2.25. The largest absolute Gasteiger partial charge is 0.493 e. The smallest absolute Gasteiger partial charge is 0.409 e. The molecule has 0 spiro atoms. The molecule has 0 aromatic heterocycles. The number of amides is 1. The van der Waals surface area contributed by atoms with Gasteiger partial charge >= 0.3 is 6.09 Å². The summed E-state index contributed by atoms with van der Waals surface area (Å²) in [6.45, 7) is 1.91. The first-order valence-electron chi connectivity index (χ1n) is 5.68. The first-order chi connectivity index (χ1) is 8.96. The Kier molecular flexibility index (Phi) is 5.47. The second kappa shape index (κ2) is 6.65. The number of nitrogens with zero attached hydrogens (tertiary/aromatic N) is 1. The molecule has 0 saturated carbocycles. The van der Waals surface area contributed by atoms with Crippen LogP contribution in [-0.2, 0) is 4.74 Å². The molecule has 0 heterocycles. The molecule has 5 nitrogen and oxygen atoms in total. The summed E-state index contributed by atoms with van der Waals surface area (Å²) < 4.78 is 16.0. The minimum Gasteiger partial charge on any atom is -0.493 e. The lowest BCUT2D eigenvalue weighted by atomic mass is 10.1. The standard InChI is InChI=1S/C13H18BrNO4/c1-8(15(2)13(16)19-5)9-6-11(17-3)12(18-4)7-10(9)14/h6-8H,1-5H3/t8-/m0/s1. The monoisotopic (exact) mass is 331 g/mol. The van der Waals surface area contributed by atoms with Gasteiger partial charge in [0.15, 0.2) is 11.5 Å². The predicted octanol–water partition coefficient (Wildman–Crippen LogP) is 3.23. The van der Waals surface area contributed by atoms with E-state index in [1.54, 1.807) is 21.3 Å². The summed E-state index contributed by atoms with van der Waals surface area (Å²) in [5, 5.41) is 0. The summed E-state index contributed by atoms with van der Waals surface area (Å²) in [7, 11) is 6.19. The van der Waals surface area contributed by atoms with Crippen molar-refractivity contribution in [2.75, 3.05) is 28.4 Å². The molecule has 0 aliphatic carbocycles. The average Bonchev–Trinajstić information content (AvgIpc) is 2.44. The lowest BCUT2D eigenvalue weighted by molar-refractivity contribution is 0.120. The van der Waals surface area contributed by atoms with E-state index in [9.17, 15) is 4.79 Å². The fourth-order valence-electron chi connectivity index (χ4n) is 1.70. The zero-order valence-corrected chi connectivity index (χ0v) is 13.3. The van der Waals surface area contributed by atoms with Crippen LogP contribution in [0.15, 0.2) is 16.6 Å². The van der Waals surface area contributed by atoms with E-state index in [1.165, 1.54) is 12.0 Å². The molecule has 1 aromatic carbocycles. The quantitative estimate of drug-likeness (QED) is 0.849. The molecule has 0 radical (unpaired) electrons. The third kappa shape index (κ3) is 3.32. The van der Waals surface area contributed by atoms with Gasteiger partial charge in [-0.1, -0.05) is 15.9 Å². The highest BCUT2D eigenvalue weighted by atomic mass is 79.9. The Morgan fingerprint density at radius 1 is 1.21 bits per heavy atom. The number of hydrogen-bond donors (Lipinski definition) is 0. The van der Waals surface area contributed by atoms with E-state index in [0.717, 1.165) is 10.0 Å². The number of benzene rings is 1. The Morgan fingerprint density at radius 2 is 1.74 bits per heavy atom. The van der Waals surface area contributed by atoms with Gasteiger partial charge in [0.2, 0.25) is 0 Å². The van der Waals surface area contributed by atoms with E-state index in [1.807, 2.05) is 19.1 Å². The molecule has 0 fully saturated rings. The molecule has 0 saturated heterocycles. The maximum atomic E-state index is 11.5. The molecule has 106 valence electrons. The SMILES string of the molecule is COC(=O)N(C)[C@@H](C)c1cc(OC)c(OC)cc1Br. The molecule has 0 aliphatic heterocycles. The normalized spacial score (nSPS) is 11.7. The Morgan fingerprint density at radius 3 is 2.21 bits per heavy atom. The van der Waals surface area contributed by atoms with Gasteiger partial charge in [0.25, 0.3) is 0 Å². The zero-order valence-electron chi connectivity index (χ0n) is 11.7. The van der Waals surface area contributed by atoms with E-state index in [0.29, 0.717) is 11.5 Å². The van der Waals surface area contributed by atoms with Crippen molar-refractivity contribution in [1.29, 1.82) is 0 Å². The maximum Gasteiger partial charge on any atom is 0.409 e. The third-order valence-corrected chi connectivity index (χ3v) is 3.68. The van der Waals surface area contributed by atoms with Crippen LogP contribution in [0.4, 0.5) is 4.79 Å². The second-order valence-corrected chi connectivity index (χ2v) is 4.84. The minimum atomic E-state index is -0.394. The summed E-state index contributed by atoms with van der Waals surface area (Å²) in [6.07, 6.45) is -0.394. The van der Waals surface area contributed by atoms with Gasteiger partial charge in [-0.3, -0.25) is 0 Å². The van der Waals surface area contributed by atoms with Gasteiger partial charge in [-0.15, -0.1) is 0 Å². The van der Waals surface area contributed by atoms with E-state index >= 15 is 0 Å². The summed E-state index contributed by atoms with van der Waals surface area (Å²) >= 11 is 3.48. The van der Waals surface area contributed by atoms with Crippen LogP contribution in [0.2, 0.25) is 0 Å². The summed E-state index contributed by atoms with van der Waals surface area (Å²) in [6, 6.07) is 3.49. The Labute approximate surface area is 121 Å². The highest BCUT2D eigenvalue weighted by Gasteiger charge is 2.21. The van der Waals surface area contributed by atoms with Crippen molar-refractivity contribution in [3.8, 4) is 11.5 Å². The van der Waals surface area contributed by atoms with Crippen molar-refractivity contribution in [3.05, 3.63) is 22.2 Å². The zero-order chi connectivity index (χ0) is 14.6. The summed E-state index contributed by atoms with van der Waals surface area (Å²) in [5.74, 6) is 1.25. The molecule has 0 N–H and O–H groups in total. The van der Waals surface area contributed by atoms with E-state index in [-0.39, 0.29) is 6.04 Å². The van der Waals surface area contributed by atoms with Crippen molar-refractivity contribution >= 4 is 22.0 Å². The molecule has 1 amide bonds. The van der Waals surface area contributed by atoms with Crippen molar-refractivity contribution in [2.24, 2.45) is 0 Å². The van der Waals surface area contributed by atoms with Gasteiger partial charge in [0.05, 0.1) is 27.4 Å². The van der Waals surface area contributed by atoms with E-state index in [4.69, 9.17) is 14.2 Å². The van der Waals surface area contributed by atoms with Gasteiger partial charge in [-0.2, -0.15) is 0 Å². The van der Waals surface area contributed by atoms with Crippen molar-refractivity contribution in [1.82, 2.24) is 4.90 Å². The third-order valence-electron chi connectivity index (χ3n) is 3.00. The highest BCUT2D eigenvalue weighted by molar-refractivity contribution is 9.10. The molecule has 0 bridgehead atoms. The number of halogens is 1. The summed E-state index contributed by atoms with van der Waals surface area (Å²) in [5.41, 5.74) is 0.908. The number of hydrogen-bond acceptors (Lipinski definition) is 4. The van der Waals surface area contributed by atoms with Crippen LogP contribution in [0.5, 0.6) is 11.5 Å². The Hall–Kier alpha value is -1.43. The molecule has 6 heteroatoms. The van der Waals surface area contributed by atoms with Crippen molar-refractivity contribution in [3.63, 3.8) is 0 Å². The van der Waals surface area contributed by atoms with Crippen LogP contribution >= 0.6 is 15.9 Å². The Balaban J connectivity index is 3.16. The van der Waals surface area contributed by atoms with Gasteiger partial charge in [0.1, 0.15) is 0 Å². The highest BCUT2D eigenvalue weighted by Crippen LogP contribution is 2.37. The molecule has 19 heavy (non-hydrogen) atoms.